The van der Waals surface area contributed by atoms with Crippen LogP contribution in [0.3, 0.4) is 0 Å². The highest BCUT2D eigenvalue weighted by atomic mass is 16.2. The number of nitrogens with one attached hydrogen (secondary N) is 1. The van der Waals surface area contributed by atoms with E-state index in [0.29, 0.717) is 10.9 Å². The van der Waals surface area contributed by atoms with Crippen LogP contribution >= 0.6 is 0 Å². The molecule has 0 bridgehead atoms. The van der Waals surface area contributed by atoms with Crippen LogP contribution in [0.4, 0.5) is 0 Å². The van der Waals surface area contributed by atoms with Crippen molar-refractivity contribution in [1.29, 1.82) is 0 Å². The molecule has 1 unspecified atom stereocenters. The number of nitrogens with zero attached hydrogens (tertiary/aromatic N) is 3. The Hall–Kier alpha value is -3.80. The standard InChI is InChI=1S/C22H18N4O2/c27-20(14-26-15-24-19-9-5-4-8-18(19)22(26)28)25-21(16-6-2-1-3-7-16)17-10-12-23-13-11-17/h1-13,15,21H,14H2,(H,25,27). The summed E-state index contributed by atoms with van der Waals surface area (Å²) in [6, 6.07) is 20.2. The normalized spacial score (nSPS) is 11.9. The molecule has 0 spiro atoms. The molecule has 2 heterocycles. The quantitative estimate of drug-likeness (QED) is 0.586. The van der Waals surface area contributed by atoms with Crippen molar-refractivity contribution in [2.24, 2.45) is 0 Å². The van der Waals surface area contributed by atoms with E-state index in [4.69, 9.17) is 0 Å². The molecule has 4 aromatic rings. The number of benzene rings is 2. The average Bonchev–Trinajstić information content (AvgIpc) is 2.75. The third kappa shape index (κ3) is 3.66. The summed E-state index contributed by atoms with van der Waals surface area (Å²) in [6.07, 6.45) is 4.79. The summed E-state index contributed by atoms with van der Waals surface area (Å²) < 4.78 is 1.33. The minimum absolute atomic E-state index is 0.106. The predicted molar refractivity (Wildman–Crippen MR) is 107 cm³/mol. The molecule has 4 rings (SSSR count). The van der Waals surface area contributed by atoms with Gasteiger partial charge in [-0.05, 0) is 35.4 Å². The van der Waals surface area contributed by atoms with E-state index in [0.717, 1.165) is 11.1 Å². The third-order valence-corrected chi connectivity index (χ3v) is 4.52. The van der Waals surface area contributed by atoms with Crippen molar-refractivity contribution in [3.8, 4) is 0 Å². The largest absolute Gasteiger partial charge is 0.344 e. The maximum absolute atomic E-state index is 12.7. The Balaban J connectivity index is 1.60. The number of aromatic nitrogens is 3. The van der Waals surface area contributed by atoms with Crippen LogP contribution < -0.4 is 10.9 Å². The summed E-state index contributed by atoms with van der Waals surface area (Å²) in [4.78, 5) is 33.7. The SMILES string of the molecule is O=C(Cn1cnc2ccccc2c1=O)NC(c1ccccc1)c1ccncc1. The molecule has 2 aromatic carbocycles. The van der Waals surface area contributed by atoms with Crippen LogP contribution in [0.15, 0.2) is 90.2 Å². The predicted octanol–water partition coefficient (Wildman–Crippen LogP) is 2.70. The number of para-hydroxylation sites is 1. The zero-order chi connectivity index (χ0) is 19.3. The molecular weight excluding hydrogens is 352 g/mol. The Morgan fingerprint density at radius 3 is 2.39 bits per heavy atom. The second-order valence-electron chi connectivity index (χ2n) is 6.39. The van der Waals surface area contributed by atoms with E-state index >= 15 is 0 Å². The van der Waals surface area contributed by atoms with Crippen LogP contribution in [-0.2, 0) is 11.3 Å². The Morgan fingerprint density at radius 2 is 1.61 bits per heavy atom. The molecule has 138 valence electrons. The van der Waals surface area contributed by atoms with Crippen LogP contribution in [0.1, 0.15) is 17.2 Å². The van der Waals surface area contributed by atoms with E-state index in [1.807, 2.05) is 48.5 Å². The fourth-order valence-electron chi connectivity index (χ4n) is 3.14. The summed E-state index contributed by atoms with van der Waals surface area (Å²) in [6.45, 7) is -0.106. The fraction of sp³-hybridized carbons (Fsp3) is 0.0909. The molecule has 0 aliphatic carbocycles. The second kappa shape index (κ2) is 7.84. The maximum atomic E-state index is 12.7. The van der Waals surface area contributed by atoms with Gasteiger partial charge in [0.05, 0.1) is 23.3 Å². The number of amides is 1. The molecule has 2 aromatic heterocycles. The van der Waals surface area contributed by atoms with Gasteiger partial charge < -0.3 is 5.32 Å². The lowest BCUT2D eigenvalue weighted by atomic mass is 10.00. The third-order valence-electron chi connectivity index (χ3n) is 4.52. The van der Waals surface area contributed by atoms with E-state index in [1.165, 1.54) is 10.9 Å². The van der Waals surface area contributed by atoms with Gasteiger partial charge in [0, 0.05) is 12.4 Å². The van der Waals surface area contributed by atoms with Crippen LogP contribution in [0.2, 0.25) is 0 Å². The minimum Gasteiger partial charge on any atom is -0.344 e. The molecule has 6 nitrogen and oxygen atoms in total. The van der Waals surface area contributed by atoms with E-state index < -0.39 is 0 Å². The molecule has 0 saturated carbocycles. The van der Waals surface area contributed by atoms with Gasteiger partial charge in [0.15, 0.2) is 0 Å². The molecule has 0 aliphatic rings. The Morgan fingerprint density at radius 1 is 0.929 bits per heavy atom. The highest BCUT2D eigenvalue weighted by Crippen LogP contribution is 2.21. The number of fused-ring (bicyclic) bond motifs is 1. The first-order chi connectivity index (χ1) is 13.7. The zero-order valence-electron chi connectivity index (χ0n) is 15.0. The average molecular weight is 370 g/mol. The lowest BCUT2D eigenvalue weighted by Gasteiger charge is -2.20. The molecule has 1 N–H and O–H groups in total. The molecule has 28 heavy (non-hydrogen) atoms. The van der Waals surface area contributed by atoms with Gasteiger partial charge in [0.1, 0.15) is 6.54 Å². The maximum Gasteiger partial charge on any atom is 0.261 e. The van der Waals surface area contributed by atoms with Gasteiger partial charge in [0.2, 0.25) is 5.91 Å². The number of carbonyl (C=O) groups is 1. The molecule has 0 aliphatic heterocycles. The van der Waals surface area contributed by atoms with E-state index in [-0.39, 0.29) is 24.1 Å². The Bertz CT molecular complexity index is 1120. The number of pyridine rings is 1. The van der Waals surface area contributed by atoms with Gasteiger partial charge in [-0.1, -0.05) is 42.5 Å². The summed E-state index contributed by atoms with van der Waals surface area (Å²) >= 11 is 0. The monoisotopic (exact) mass is 370 g/mol. The lowest BCUT2D eigenvalue weighted by molar-refractivity contribution is -0.122. The molecule has 0 radical (unpaired) electrons. The van der Waals surface area contributed by atoms with Crippen molar-refractivity contribution < 1.29 is 4.79 Å². The van der Waals surface area contributed by atoms with E-state index in [1.54, 1.807) is 30.6 Å². The zero-order valence-corrected chi connectivity index (χ0v) is 15.0. The van der Waals surface area contributed by atoms with Crippen LogP contribution in [0, 0.1) is 0 Å². The number of carbonyl (C=O) groups excluding carboxylic acids is 1. The highest BCUT2D eigenvalue weighted by Gasteiger charge is 2.17. The first-order valence-electron chi connectivity index (χ1n) is 8.91. The lowest BCUT2D eigenvalue weighted by Crippen LogP contribution is -2.35. The van der Waals surface area contributed by atoms with Crippen molar-refractivity contribution in [1.82, 2.24) is 19.9 Å². The first kappa shape index (κ1) is 17.6. The molecular formula is C22H18N4O2. The van der Waals surface area contributed by atoms with Crippen molar-refractivity contribution >= 4 is 16.8 Å². The highest BCUT2D eigenvalue weighted by molar-refractivity contribution is 5.79. The van der Waals surface area contributed by atoms with Crippen molar-refractivity contribution in [2.45, 2.75) is 12.6 Å². The molecule has 0 saturated heterocycles. The van der Waals surface area contributed by atoms with Gasteiger partial charge in [0.25, 0.3) is 5.56 Å². The number of hydrogen-bond donors (Lipinski definition) is 1. The van der Waals surface area contributed by atoms with Crippen molar-refractivity contribution in [3.05, 3.63) is 107 Å². The molecule has 1 atom stereocenters. The first-order valence-corrected chi connectivity index (χ1v) is 8.91. The fourth-order valence-corrected chi connectivity index (χ4v) is 3.14. The number of hydrogen-bond acceptors (Lipinski definition) is 4. The molecule has 1 amide bonds. The second-order valence-corrected chi connectivity index (χ2v) is 6.39. The van der Waals surface area contributed by atoms with Gasteiger partial charge in [-0.3, -0.25) is 19.1 Å². The van der Waals surface area contributed by atoms with Crippen molar-refractivity contribution in [3.63, 3.8) is 0 Å². The van der Waals surface area contributed by atoms with Crippen LogP contribution in [0.25, 0.3) is 10.9 Å². The molecule has 6 heteroatoms. The smallest absolute Gasteiger partial charge is 0.261 e. The Kier molecular flexibility index (Phi) is 4.93. The number of rotatable bonds is 5. The van der Waals surface area contributed by atoms with Crippen molar-refractivity contribution in [2.75, 3.05) is 0 Å². The molecule has 0 fully saturated rings. The van der Waals surface area contributed by atoms with Crippen LogP contribution in [-0.4, -0.2) is 20.4 Å². The summed E-state index contributed by atoms with van der Waals surface area (Å²) in [5, 5.41) is 3.51. The van der Waals surface area contributed by atoms with Gasteiger partial charge >= 0.3 is 0 Å². The van der Waals surface area contributed by atoms with Gasteiger partial charge in [-0.2, -0.15) is 0 Å². The summed E-state index contributed by atoms with van der Waals surface area (Å²) in [5.74, 6) is -0.273. The Labute approximate surface area is 161 Å². The van der Waals surface area contributed by atoms with Gasteiger partial charge in [-0.15, -0.1) is 0 Å². The minimum atomic E-state index is -0.333. The van der Waals surface area contributed by atoms with E-state index in [9.17, 15) is 9.59 Å². The van der Waals surface area contributed by atoms with Crippen LogP contribution in [0.5, 0.6) is 0 Å². The summed E-state index contributed by atoms with van der Waals surface area (Å²) in [5.41, 5.74) is 2.24. The summed E-state index contributed by atoms with van der Waals surface area (Å²) in [7, 11) is 0. The topological polar surface area (TPSA) is 76.9 Å². The van der Waals surface area contributed by atoms with E-state index in [2.05, 4.69) is 15.3 Å². The van der Waals surface area contributed by atoms with Gasteiger partial charge in [-0.25, -0.2) is 4.98 Å².